The van der Waals surface area contributed by atoms with Gasteiger partial charge in [-0.2, -0.15) is 0 Å². The maximum Gasteiger partial charge on any atom is 0.285 e. The third-order valence-corrected chi connectivity index (χ3v) is 5.26. The van der Waals surface area contributed by atoms with Crippen molar-refractivity contribution >= 4 is 17.7 Å². The van der Waals surface area contributed by atoms with Gasteiger partial charge in [-0.25, -0.2) is 0 Å². The molecule has 1 radical (unpaired) electrons. The van der Waals surface area contributed by atoms with E-state index in [4.69, 9.17) is 0 Å². The number of amides is 1. The molecule has 0 bridgehead atoms. The van der Waals surface area contributed by atoms with Crippen LogP contribution in [-0.4, -0.2) is 53.9 Å². The van der Waals surface area contributed by atoms with Crippen molar-refractivity contribution in [1.82, 2.24) is 9.80 Å². The van der Waals surface area contributed by atoms with Crippen molar-refractivity contribution in [3.63, 3.8) is 0 Å². The third-order valence-electron chi connectivity index (χ3n) is 5.26. The summed E-state index contributed by atoms with van der Waals surface area (Å²) in [4.78, 5) is 27.9. The van der Waals surface area contributed by atoms with E-state index in [0.29, 0.717) is 24.2 Å². The van der Waals surface area contributed by atoms with Crippen molar-refractivity contribution in [3.05, 3.63) is 69.8 Å². The van der Waals surface area contributed by atoms with Gasteiger partial charge in [0.05, 0.1) is 16.6 Å². The lowest BCUT2D eigenvalue weighted by atomic mass is 9.89. The van der Waals surface area contributed by atoms with Crippen molar-refractivity contribution in [3.8, 4) is 11.1 Å². The number of hydrogen-bond donors (Lipinski definition) is 0. The fourth-order valence-corrected chi connectivity index (χ4v) is 3.59. The summed E-state index contributed by atoms with van der Waals surface area (Å²) >= 11 is 0. The molecule has 0 saturated carbocycles. The van der Waals surface area contributed by atoms with Gasteiger partial charge in [-0.1, -0.05) is 44.2 Å². The number of nitro groups is 1. The zero-order chi connectivity index (χ0) is 21.0. The zero-order valence-corrected chi connectivity index (χ0v) is 17.1. The molecular weight excluding hydrogens is 366 g/mol. The predicted octanol–water partition coefficient (Wildman–Crippen LogP) is 3.97. The molecule has 1 saturated heterocycles. The molecular formula is C23H26N3O3. The highest BCUT2D eigenvalue weighted by Gasteiger charge is 2.22. The van der Waals surface area contributed by atoms with Gasteiger partial charge in [0.25, 0.3) is 5.69 Å². The van der Waals surface area contributed by atoms with Gasteiger partial charge in [0.1, 0.15) is 0 Å². The van der Waals surface area contributed by atoms with Crippen molar-refractivity contribution < 1.29 is 9.72 Å². The smallest absolute Gasteiger partial charge is 0.285 e. The van der Waals surface area contributed by atoms with Crippen LogP contribution in [0.5, 0.6) is 0 Å². The first-order chi connectivity index (χ1) is 13.9. The van der Waals surface area contributed by atoms with E-state index in [-0.39, 0.29) is 17.5 Å². The first-order valence-corrected chi connectivity index (χ1v) is 9.82. The number of rotatable bonds is 5. The predicted molar refractivity (Wildman–Crippen MR) is 115 cm³/mol. The van der Waals surface area contributed by atoms with Crippen LogP contribution in [0.2, 0.25) is 0 Å². The summed E-state index contributed by atoms with van der Waals surface area (Å²) in [6.07, 6.45) is 3.21. The molecule has 0 unspecified atom stereocenters. The molecule has 1 fully saturated rings. The molecule has 1 amide bonds. The fourth-order valence-electron chi connectivity index (χ4n) is 3.59. The van der Waals surface area contributed by atoms with Gasteiger partial charge >= 0.3 is 0 Å². The quantitative estimate of drug-likeness (QED) is 0.439. The van der Waals surface area contributed by atoms with Crippen LogP contribution in [0.4, 0.5) is 5.69 Å². The van der Waals surface area contributed by atoms with Gasteiger partial charge < -0.3 is 9.80 Å². The van der Waals surface area contributed by atoms with E-state index in [1.54, 1.807) is 18.2 Å². The summed E-state index contributed by atoms with van der Waals surface area (Å²) in [5.41, 5.74) is 2.90. The van der Waals surface area contributed by atoms with Crippen LogP contribution in [0, 0.1) is 16.2 Å². The van der Waals surface area contributed by atoms with Gasteiger partial charge in [-0.05, 0) is 41.8 Å². The second kappa shape index (κ2) is 9.01. The number of likely N-dealkylation sites (N-methyl/N-ethyl adjacent to an activating group) is 1. The topological polar surface area (TPSA) is 66.7 Å². The summed E-state index contributed by atoms with van der Waals surface area (Å²) in [5, 5.41) is 11.7. The summed E-state index contributed by atoms with van der Waals surface area (Å²) in [7, 11) is 2.04. The molecule has 29 heavy (non-hydrogen) atoms. The number of carbonyl (C=O) groups is 1. The van der Waals surface area contributed by atoms with Crippen LogP contribution in [-0.2, 0) is 4.79 Å². The molecule has 3 rings (SSSR count). The molecule has 0 atom stereocenters. The Morgan fingerprint density at radius 1 is 1.17 bits per heavy atom. The monoisotopic (exact) mass is 392 g/mol. The van der Waals surface area contributed by atoms with Crippen LogP contribution >= 0.6 is 0 Å². The Balaban J connectivity index is 2.01. The molecule has 6 nitrogen and oxygen atoms in total. The summed E-state index contributed by atoms with van der Waals surface area (Å²) in [6.45, 7) is 7.18. The van der Waals surface area contributed by atoms with E-state index in [9.17, 15) is 14.9 Å². The third kappa shape index (κ3) is 4.71. The Labute approximate surface area is 171 Å². The second-order valence-electron chi connectivity index (χ2n) is 7.62. The van der Waals surface area contributed by atoms with Crippen LogP contribution < -0.4 is 0 Å². The maximum absolute atomic E-state index is 12.6. The average molecular weight is 392 g/mol. The Morgan fingerprint density at radius 3 is 2.52 bits per heavy atom. The molecule has 0 aliphatic carbocycles. The lowest BCUT2D eigenvalue weighted by Crippen LogP contribution is -2.46. The Bertz CT molecular complexity index is 929. The summed E-state index contributed by atoms with van der Waals surface area (Å²) in [6, 6.07) is 13.8. The zero-order valence-electron chi connectivity index (χ0n) is 17.1. The van der Waals surface area contributed by atoms with Crippen LogP contribution in [0.15, 0.2) is 42.5 Å². The largest absolute Gasteiger partial charge is 0.337 e. The minimum absolute atomic E-state index is 0.0725. The number of benzene rings is 2. The minimum atomic E-state index is -0.411. The minimum Gasteiger partial charge on any atom is -0.337 e. The number of hydrogen-bond acceptors (Lipinski definition) is 4. The highest BCUT2D eigenvalue weighted by atomic mass is 16.6. The lowest BCUT2D eigenvalue weighted by molar-refractivity contribution is -0.384. The molecule has 2 aromatic carbocycles. The van der Waals surface area contributed by atoms with E-state index in [1.807, 2.05) is 36.2 Å². The van der Waals surface area contributed by atoms with E-state index < -0.39 is 4.92 Å². The Morgan fingerprint density at radius 2 is 1.86 bits per heavy atom. The van der Waals surface area contributed by atoms with Crippen LogP contribution in [0.1, 0.15) is 30.9 Å². The molecule has 1 aliphatic rings. The van der Waals surface area contributed by atoms with Crippen molar-refractivity contribution in [2.24, 2.45) is 0 Å². The van der Waals surface area contributed by atoms with E-state index in [1.165, 1.54) is 6.08 Å². The molecule has 6 heteroatoms. The first kappa shape index (κ1) is 20.7. The van der Waals surface area contributed by atoms with E-state index in [0.717, 1.165) is 24.2 Å². The average Bonchev–Trinajstić information content (AvgIpc) is 2.72. The highest BCUT2D eigenvalue weighted by molar-refractivity contribution is 5.94. The lowest BCUT2D eigenvalue weighted by Gasteiger charge is -2.31. The highest BCUT2D eigenvalue weighted by Crippen LogP contribution is 2.38. The number of piperazine rings is 1. The van der Waals surface area contributed by atoms with Gasteiger partial charge in [0.15, 0.2) is 0 Å². The van der Waals surface area contributed by atoms with Crippen molar-refractivity contribution in [1.29, 1.82) is 0 Å². The number of carbonyl (C=O) groups excluding carboxylic acids is 1. The summed E-state index contributed by atoms with van der Waals surface area (Å²) in [5.74, 6) is 0.131. The van der Waals surface area contributed by atoms with Crippen LogP contribution in [0.3, 0.4) is 0 Å². The van der Waals surface area contributed by atoms with Crippen molar-refractivity contribution in [2.45, 2.75) is 19.8 Å². The molecule has 1 aliphatic heterocycles. The van der Waals surface area contributed by atoms with Gasteiger partial charge in [0, 0.05) is 32.3 Å². The standard InChI is InChI=1S/C23H26N3O3/c1-17(2)19-8-4-5-9-20(19)23-18(7-6-10-21(23)26(28)29)11-12-22(27)25-15-13-24(3)14-16-25/h4-9,11-12,17H,13-16H2,1-3H3/b12-11+. The van der Waals surface area contributed by atoms with Crippen LogP contribution in [0.25, 0.3) is 17.2 Å². The molecule has 0 N–H and O–H groups in total. The van der Waals surface area contributed by atoms with E-state index in [2.05, 4.69) is 24.8 Å². The van der Waals surface area contributed by atoms with Crippen molar-refractivity contribution in [2.75, 3.05) is 33.2 Å². The maximum atomic E-state index is 12.6. The molecule has 0 spiro atoms. The normalized spacial score (nSPS) is 15.2. The summed E-state index contributed by atoms with van der Waals surface area (Å²) < 4.78 is 0. The SMILES string of the molecule is CC(C)c1ccccc1-c1c([N+](=O)[O-])[c]ccc1/C=C/C(=O)N1CCN(C)CC1. The van der Waals surface area contributed by atoms with E-state index >= 15 is 0 Å². The van der Waals surface area contributed by atoms with Gasteiger partial charge in [0.2, 0.25) is 5.91 Å². The Hall–Kier alpha value is -2.99. The molecule has 1 heterocycles. The first-order valence-electron chi connectivity index (χ1n) is 9.82. The Kier molecular flexibility index (Phi) is 6.44. The second-order valence-corrected chi connectivity index (χ2v) is 7.62. The number of nitrogens with zero attached hydrogens (tertiary/aromatic N) is 3. The molecule has 2 aromatic rings. The number of nitro benzene ring substituents is 1. The molecule has 151 valence electrons. The van der Waals surface area contributed by atoms with Gasteiger partial charge in [-0.15, -0.1) is 0 Å². The van der Waals surface area contributed by atoms with Gasteiger partial charge in [-0.3, -0.25) is 14.9 Å². The molecule has 0 aromatic heterocycles. The fraction of sp³-hybridized carbons (Fsp3) is 0.348.